The molecule has 4 unspecified atom stereocenters. The molecule has 1 N–H and O–H groups in total. The second-order valence-corrected chi connectivity index (χ2v) is 12.2. The van der Waals surface area contributed by atoms with E-state index in [1.54, 1.807) is 0 Å². The molecule has 0 radical (unpaired) electrons. The lowest BCUT2D eigenvalue weighted by atomic mass is 9.75. The van der Waals surface area contributed by atoms with Gasteiger partial charge in [-0.3, -0.25) is 9.78 Å². The number of halogens is 2. The molecule has 0 bridgehead atoms. The first-order valence-corrected chi connectivity index (χ1v) is 14.6. The normalized spacial score (nSPS) is 25.7. The molecule has 0 spiro atoms. The number of pyridine rings is 1. The molecule has 2 aliphatic heterocycles. The minimum atomic E-state index is -0.149. The Hall–Kier alpha value is -2.22. The van der Waals surface area contributed by atoms with Crippen molar-refractivity contribution < 1.29 is 4.79 Å². The first kappa shape index (κ1) is 25.1. The number of amides is 1. The number of nitrogens with one attached hydrogen (secondary N) is 1. The number of rotatable bonds is 4. The molecule has 194 valence electrons. The molecule has 1 aliphatic carbocycles. The Bertz CT molecular complexity index is 1210. The molecule has 2 aromatic heterocycles. The van der Waals surface area contributed by atoms with Gasteiger partial charge in [-0.1, -0.05) is 17.7 Å². The number of carbonyl (C=O) groups excluding carboxylic acids is 1. The lowest BCUT2D eigenvalue weighted by Gasteiger charge is -2.39. The molecule has 1 aromatic carbocycles. The van der Waals surface area contributed by atoms with Gasteiger partial charge in [-0.05, 0) is 108 Å². The molecular weight excluding hydrogens is 550 g/mol. The largest absolute Gasteiger partial charge is 0.341 e. The number of hydrogen-bond donors (Lipinski definition) is 1. The molecule has 6 nitrogen and oxygen atoms in total. The first-order valence-electron chi connectivity index (χ1n) is 13.5. The minimum absolute atomic E-state index is 0.149. The molecule has 3 aliphatic rings. The van der Waals surface area contributed by atoms with E-state index in [-0.39, 0.29) is 17.9 Å². The lowest BCUT2D eigenvalue weighted by molar-refractivity contribution is -0.136. The Morgan fingerprint density at radius 1 is 1.19 bits per heavy atom. The van der Waals surface area contributed by atoms with Gasteiger partial charge in [-0.2, -0.15) is 0 Å². The van der Waals surface area contributed by atoms with Crippen molar-refractivity contribution in [2.45, 2.75) is 57.0 Å². The smallest absolute Gasteiger partial charge is 0.239 e. The fourth-order valence-corrected chi connectivity index (χ4v) is 7.30. The van der Waals surface area contributed by atoms with Gasteiger partial charge < -0.3 is 14.8 Å². The maximum Gasteiger partial charge on any atom is 0.239 e. The third-order valence-electron chi connectivity index (χ3n) is 8.44. The molecule has 8 heteroatoms. The Morgan fingerprint density at radius 2 is 2.08 bits per heavy atom. The fourth-order valence-electron chi connectivity index (χ4n) is 6.73. The summed E-state index contributed by atoms with van der Waals surface area (Å²) in [5, 5.41) is 4.36. The minimum Gasteiger partial charge on any atom is -0.341 e. The summed E-state index contributed by atoms with van der Waals surface area (Å²) in [6.07, 6.45) is 13.6. The molecule has 6 rings (SSSR count). The van der Waals surface area contributed by atoms with E-state index in [9.17, 15) is 4.79 Å². The van der Waals surface area contributed by atoms with Crippen LogP contribution in [0.3, 0.4) is 0 Å². The lowest BCUT2D eigenvalue weighted by Crippen LogP contribution is -2.53. The predicted octanol–water partition coefficient (Wildman–Crippen LogP) is 5.23. The molecule has 1 amide bonds. The highest BCUT2D eigenvalue weighted by Gasteiger charge is 2.38. The Morgan fingerprint density at radius 3 is 2.95 bits per heavy atom. The van der Waals surface area contributed by atoms with Crippen molar-refractivity contribution in [1.82, 2.24) is 24.8 Å². The molecule has 2 saturated heterocycles. The highest BCUT2D eigenvalue weighted by atomic mass is 79.9. The van der Waals surface area contributed by atoms with E-state index in [2.05, 4.69) is 53.9 Å². The van der Waals surface area contributed by atoms with Crippen molar-refractivity contribution in [1.29, 1.82) is 0 Å². The Labute approximate surface area is 232 Å². The van der Waals surface area contributed by atoms with Gasteiger partial charge in [0.05, 0.1) is 18.1 Å². The van der Waals surface area contributed by atoms with Gasteiger partial charge in [0.25, 0.3) is 0 Å². The van der Waals surface area contributed by atoms with Crippen LogP contribution in [0.1, 0.15) is 54.0 Å². The van der Waals surface area contributed by atoms with Crippen LogP contribution in [-0.4, -0.2) is 51.0 Å². The van der Waals surface area contributed by atoms with Crippen molar-refractivity contribution >= 4 is 33.4 Å². The van der Waals surface area contributed by atoms with Gasteiger partial charge in [-0.15, -0.1) is 0 Å². The van der Waals surface area contributed by atoms with E-state index in [1.807, 2.05) is 31.0 Å². The summed E-state index contributed by atoms with van der Waals surface area (Å²) < 4.78 is 3.15. The van der Waals surface area contributed by atoms with Gasteiger partial charge >= 0.3 is 0 Å². The van der Waals surface area contributed by atoms with Crippen LogP contribution in [0.5, 0.6) is 0 Å². The van der Waals surface area contributed by atoms with Gasteiger partial charge in [0, 0.05) is 53.6 Å². The van der Waals surface area contributed by atoms with E-state index in [4.69, 9.17) is 16.6 Å². The molecular formula is C29H33BrClN5O. The number of piperidine rings is 2. The van der Waals surface area contributed by atoms with Crippen LogP contribution in [0, 0.1) is 11.8 Å². The summed E-state index contributed by atoms with van der Waals surface area (Å²) in [6, 6.07) is 8.41. The number of aryl methyl sites for hydroxylation is 2. The number of nitrogens with zero attached hydrogens (tertiary/aromatic N) is 4. The highest BCUT2D eigenvalue weighted by Crippen LogP contribution is 2.43. The van der Waals surface area contributed by atoms with Crippen LogP contribution in [0.15, 0.2) is 53.7 Å². The van der Waals surface area contributed by atoms with Crippen molar-refractivity contribution in [3.8, 4) is 0 Å². The molecule has 4 heterocycles. The number of likely N-dealkylation sites (tertiary alicyclic amines) is 1. The zero-order valence-corrected chi connectivity index (χ0v) is 23.3. The van der Waals surface area contributed by atoms with Crippen LogP contribution in [0.4, 0.5) is 0 Å². The summed E-state index contributed by atoms with van der Waals surface area (Å²) in [5.41, 5.74) is 5.10. The van der Waals surface area contributed by atoms with Crippen LogP contribution >= 0.6 is 27.5 Å². The summed E-state index contributed by atoms with van der Waals surface area (Å²) in [6.45, 7) is 3.44. The number of fused-ring (bicyclic) bond motifs is 2. The zero-order valence-electron chi connectivity index (χ0n) is 21.0. The molecule has 2 fully saturated rings. The van der Waals surface area contributed by atoms with Crippen molar-refractivity contribution in [2.75, 3.05) is 19.6 Å². The Kier molecular flexibility index (Phi) is 7.37. The van der Waals surface area contributed by atoms with Crippen molar-refractivity contribution in [3.63, 3.8) is 0 Å². The average Bonchev–Trinajstić information content (AvgIpc) is 3.37. The number of carbonyl (C=O) groups is 1. The van der Waals surface area contributed by atoms with Crippen molar-refractivity contribution in [2.24, 2.45) is 11.8 Å². The number of hydrogen-bond acceptors (Lipinski definition) is 4. The molecule has 0 saturated carbocycles. The van der Waals surface area contributed by atoms with Crippen molar-refractivity contribution in [3.05, 3.63) is 81.1 Å². The van der Waals surface area contributed by atoms with Crippen LogP contribution in [-0.2, 0) is 24.2 Å². The summed E-state index contributed by atoms with van der Waals surface area (Å²) in [7, 11) is 0. The van der Waals surface area contributed by atoms with Gasteiger partial charge in [-0.25, -0.2) is 4.98 Å². The van der Waals surface area contributed by atoms with E-state index < -0.39 is 0 Å². The van der Waals surface area contributed by atoms with E-state index in [0.29, 0.717) is 11.8 Å². The number of benzene rings is 1. The second-order valence-electron chi connectivity index (χ2n) is 10.9. The van der Waals surface area contributed by atoms with Gasteiger partial charge in [0.1, 0.15) is 0 Å². The fraction of sp³-hybridized carbons (Fsp3) is 0.483. The highest BCUT2D eigenvalue weighted by molar-refractivity contribution is 9.10. The predicted molar refractivity (Wildman–Crippen MR) is 149 cm³/mol. The van der Waals surface area contributed by atoms with Gasteiger partial charge in [0.2, 0.25) is 5.91 Å². The van der Waals surface area contributed by atoms with Crippen LogP contribution in [0.25, 0.3) is 0 Å². The standard InChI is InChI=1S/C29H33BrClN5O/c30-23-12-22-4-3-20-13-24(31)5-6-25(20)27(28(22)34-15-23)21-7-8-33-26(14-21)29(37)36-10-1-2-19(17-36)16-35-11-9-32-18-35/h5-6,9,11-13,15,18-19,21,26-27,33H,1-4,7-8,10,14,16-17H2. The third kappa shape index (κ3) is 5.36. The quantitative estimate of drug-likeness (QED) is 0.458. The van der Waals surface area contributed by atoms with E-state index in [1.165, 1.54) is 22.4 Å². The molecule has 4 atom stereocenters. The maximum absolute atomic E-state index is 13.8. The molecule has 3 aromatic rings. The summed E-state index contributed by atoms with van der Waals surface area (Å²) in [5.74, 6) is 1.24. The topological polar surface area (TPSA) is 63.1 Å². The van der Waals surface area contributed by atoms with Gasteiger partial charge in [0.15, 0.2) is 0 Å². The second kappa shape index (κ2) is 10.9. The first-order chi connectivity index (χ1) is 18.0. The Balaban J connectivity index is 1.23. The number of imidazole rings is 1. The SMILES string of the molecule is O=C(C1CC(C2c3ccc(Cl)cc3CCc3cc(Br)cnc32)CCN1)N1CCCC(Cn2ccnc2)C1. The maximum atomic E-state index is 13.8. The summed E-state index contributed by atoms with van der Waals surface area (Å²) in [4.78, 5) is 25.0. The monoisotopic (exact) mass is 581 g/mol. The molecule has 37 heavy (non-hydrogen) atoms. The van der Waals surface area contributed by atoms with Crippen LogP contribution < -0.4 is 5.32 Å². The van der Waals surface area contributed by atoms with E-state index >= 15 is 0 Å². The third-order valence-corrected chi connectivity index (χ3v) is 9.11. The zero-order chi connectivity index (χ0) is 25.4. The average molecular weight is 583 g/mol. The van der Waals surface area contributed by atoms with E-state index in [0.717, 1.165) is 74.2 Å². The van der Waals surface area contributed by atoms with Crippen LogP contribution in [0.2, 0.25) is 5.02 Å². The summed E-state index contributed by atoms with van der Waals surface area (Å²) >= 11 is 10.0. The number of aromatic nitrogens is 3.